The Hall–Kier alpha value is -6.21. The summed E-state index contributed by atoms with van der Waals surface area (Å²) < 4.78 is 18.0. The van der Waals surface area contributed by atoms with Gasteiger partial charge in [-0.25, -0.2) is 0 Å². The molecule has 3 heteroatoms. The lowest BCUT2D eigenvalue weighted by Gasteiger charge is -2.17. The Morgan fingerprint density at radius 1 is 0.392 bits per heavy atom. The summed E-state index contributed by atoms with van der Waals surface area (Å²) in [6, 6.07) is 68.2. The van der Waals surface area contributed by atoms with E-state index in [-0.39, 0.29) is 0 Å². The average Bonchev–Trinajstić information content (AvgIpc) is 3.69. The van der Waals surface area contributed by atoms with Crippen molar-refractivity contribution in [2.75, 3.05) is 0 Å². The highest BCUT2D eigenvalue weighted by Gasteiger charge is 2.41. The van der Waals surface area contributed by atoms with E-state index in [4.69, 9.17) is 0 Å². The molecular weight excluding hydrogens is 638 g/mol. The second-order valence-electron chi connectivity index (χ2n) is 13.2. The molecular formula is C48H32NOP. The van der Waals surface area contributed by atoms with Gasteiger partial charge in [-0.1, -0.05) is 164 Å². The summed E-state index contributed by atoms with van der Waals surface area (Å²) in [5.74, 6) is 0. The molecule has 0 amide bonds. The van der Waals surface area contributed by atoms with Crippen molar-refractivity contribution >= 4 is 44.9 Å². The normalized spacial score (nSPS) is 14.8. The van der Waals surface area contributed by atoms with Crippen LogP contribution in [-0.4, -0.2) is 4.57 Å². The summed E-state index contributed by atoms with van der Waals surface area (Å²) >= 11 is 0. The number of benzene rings is 8. The van der Waals surface area contributed by atoms with Crippen LogP contribution in [0.25, 0.3) is 72.0 Å². The van der Waals surface area contributed by atoms with Crippen LogP contribution >= 0.6 is 7.14 Å². The van der Waals surface area contributed by atoms with Crippen molar-refractivity contribution in [1.82, 2.24) is 4.57 Å². The molecule has 1 aromatic heterocycles. The van der Waals surface area contributed by atoms with Crippen molar-refractivity contribution in [2.24, 2.45) is 0 Å². The molecule has 0 bridgehead atoms. The lowest BCUT2D eigenvalue weighted by atomic mass is 9.96. The lowest BCUT2D eigenvalue weighted by Crippen LogP contribution is -2.20. The van der Waals surface area contributed by atoms with E-state index in [9.17, 15) is 0 Å². The third kappa shape index (κ3) is 4.61. The highest BCUT2D eigenvalue weighted by Crippen LogP contribution is 2.55. The Kier molecular flexibility index (Phi) is 6.81. The van der Waals surface area contributed by atoms with Crippen molar-refractivity contribution in [3.63, 3.8) is 0 Å². The third-order valence-corrected chi connectivity index (χ3v) is 13.5. The summed E-state index contributed by atoms with van der Waals surface area (Å²) in [6.07, 6.45) is 0. The van der Waals surface area contributed by atoms with E-state index in [2.05, 4.69) is 162 Å². The number of nitrogens with zero attached hydrogens (tertiary/aromatic N) is 1. The topological polar surface area (TPSA) is 22.0 Å². The Labute approximate surface area is 297 Å². The van der Waals surface area contributed by atoms with Crippen molar-refractivity contribution < 1.29 is 4.57 Å². The molecule has 1 aliphatic heterocycles. The minimum Gasteiger partial charge on any atom is -0.309 e. The zero-order valence-electron chi connectivity index (χ0n) is 27.8. The summed E-state index contributed by atoms with van der Waals surface area (Å²) in [7, 11) is -3.12. The molecule has 1 atom stereocenters. The second kappa shape index (κ2) is 11.7. The molecule has 8 aromatic carbocycles. The number of hydrogen-bond donors (Lipinski definition) is 0. The minimum atomic E-state index is -3.12. The molecule has 2 heterocycles. The van der Waals surface area contributed by atoms with Gasteiger partial charge in [0.25, 0.3) is 0 Å². The molecule has 10 rings (SSSR count). The second-order valence-corrected chi connectivity index (χ2v) is 15.9. The number of hydrogen-bond acceptors (Lipinski definition) is 1. The van der Waals surface area contributed by atoms with Crippen LogP contribution in [0.1, 0.15) is 0 Å². The largest absolute Gasteiger partial charge is 0.309 e. The van der Waals surface area contributed by atoms with Crippen LogP contribution in [0.3, 0.4) is 0 Å². The molecule has 0 radical (unpaired) electrons. The van der Waals surface area contributed by atoms with Crippen molar-refractivity contribution in [1.29, 1.82) is 0 Å². The molecule has 240 valence electrons. The van der Waals surface area contributed by atoms with Gasteiger partial charge in [0.1, 0.15) is 0 Å². The van der Waals surface area contributed by atoms with Gasteiger partial charge in [0.2, 0.25) is 0 Å². The Balaban J connectivity index is 1.27. The van der Waals surface area contributed by atoms with Crippen LogP contribution in [-0.2, 0) is 4.57 Å². The van der Waals surface area contributed by atoms with Gasteiger partial charge in [0, 0.05) is 37.9 Å². The van der Waals surface area contributed by atoms with Crippen LogP contribution in [0.2, 0.25) is 0 Å². The number of fused-ring (bicyclic) bond motifs is 7. The number of para-hydroxylation sites is 1. The predicted octanol–water partition coefficient (Wildman–Crippen LogP) is 11.4. The smallest absolute Gasteiger partial charge is 0.172 e. The molecule has 0 saturated heterocycles. The van der Waals surface area contributed by atoms with Gasteiger partial charge < -0.3 is 9.13 Å². The summed E-state index contributed by atoms with van der Waals surface area (Å²) in [4.78, 5) is 0. The minimum absolute atomic E-state index is 0.866. The van der Waals surface area contributed by atoms with E-state index < -0.39 is 7.14 Å². The average molecular weight is 670 g/mol. The fourth-order valence-corrected chi connectivity index (χ4v) is 11.1. The molecule has 0 N–H and O–H groups in total. The van der Waals surface area contributed by atoms with E-state index in [0.29, 0.717) is 0 Å². The van der Waals surface area contributed by atoms with E-state index in [1.165, 1.54) is 16.5 Å². The van der Waals surface area contributed by atoms with Crippen LogP contribution < -0.4 is 15.9 Å². The lowest BCUT2D eigenvalue weighted by molar-refractivity contribution is 0.593. The molecule has 1 aliphatic rings. The maximum Gasteiger partial charge on any atom is 0.172 e. The third-order valence-electron chi connectivity index (χ3n) is 10.4. The summed E-state index contributed by atoms with van der Waals surface area (Å²) in [6.45, 7) is 0. The first-order valence-electron chi connectivity index (χ1n) is 17.4. The molecule has 0 saturated carbocycles. The quantitative estimate of drug-likeness (QED) is 0.167. The zero-order chi connectivity index (χ0) is 33.9. The van der Waals surface area contributed by atoms with Crippen LogP contribution in [0, 0.1) is 0 Å². The first-order valence-corrected chi connectivity index (χ1v) is 19.1. The highest BCUT2D eigenvalue weighted by molar-refractivity contribution is 7.86. The van der Waals surface area contributed by atoms with Crippen molar-refractivity contribution in [2.45, 2.75) is 0 Å². The molecule has 0 aliphatic carbocycles. The molecule has 2 nitrogen and oxygen atoms in total. The standard InChI is InChI=1S/C48H32NOP/c50-51(40-18-8-3-9-19-40)45-23-13-11-21-43(45)47-46(51)29-28-42-41-20-10-12-22-44(41)49(48(42)47)39-31-37(34-16-6-2-7-17-34)30-38(32-39)36-26-24-35(25-27-36)33-14-4-1-5-15-33/h1-32H. The van der Waals surface area contributed by atoms with Gasteiger partial charge in [-0.15, -0.1) is 0 Å². The Bertz CT molecular complexity index is 2800. The van der Waals surface area contributed by atoms with Crippen LogP contribution in [0.5, 0.6) is 0 Å². The molecule has 0 spiro atoms. The first kappa shape index (κ1) is 29.7. The van der Waals surface area contributed by atoms with Gasteiger partial charge in [-0.2, -0.15) is 0 Å². The van der Waals surface area contributed by atoms with Gasteiger partial charge in [0.15, 0.2) is 7.14 Å². The molecule has 1 unspecified atom stereocenters. The van der Waals surface area contributed by atoms with Crippen molar-refractivity contribution in [3.05, 3.63) is 194 Å². The Morgan fingerprint density at radius 3 is 1.61 bits per heavy atom. The molecule has 9 aromatic rings. The SMILES string of the molecule is O=P1(c2ccccc2)c2ccccc2-c2c1ccc1c3ccccc3n(-c3cc(-c4ccccc4)cc(-c4ccc(-c5ccccc5)cc4)c3)c21. The number of aromatic nitrogens is 1. The van der Waals surface area contributed by atoms with Crippen molar-refractivity contribution in [3.8, 4) is 50.2 Å². The Morgan fingerprint density at radius 2 is 0.922 bits per heavy atom. The predicted molar refractivity (Wildman–Crippen MR) is 215 cm³/mol. The maximum atomic E-state index is 15.6. The van der Waals surface area contributed by atoms with E-state index in [1.807, 2.05) is 36.4 Å². The monoisotopic (exact) mass is 669 g/mol. The fraction of sp³-hybridized carbons (Fsp3) is 0. The fourth-order valence-electron chi connectivity index (χ4n) is 8.04. The summed E-state index contributed by atoms with van der Waals surface area (Å²) in [5, 5.41) is 5.01. The van der Waals surface area contributed by atoms with Crippen LogP contribution in [0.4, 0.5) is 0 Å². The first-order chi connectivity index (χ1) is 25.2. The van der Waals surface area contributed by atoms with Gasteiger partial charge in [0.05, 0.1) is 11.0 Å². The van der Waals surface area contributed by atoms with Gasteiger partial charge in [-0.3, -0.25) is 0 Å². The number of rotatable bonds is 5. The maximum absolute atomic E-state index is 15.6. The zero-order valence-corrected chi connectivity index (χ0v) is 28.7. The van der Waals surface area contributed by atoms with E-state index >= 15 is 4.57 Å². The highest BCUT2D eigenvalue weighted by atomic mass is 31.2. The molecule has 0 fully saturated rings. The summed E-state index contributed by atoms with van der Waals surface area (Å²) in [5.41, 5.74) is 12.4. The van der Waals surface area contributed by atoms with E-state index in [0.717, 1.165) is 71.4 Å². The van der Waals surface area contributed by atoms with E-state index in [1.54, 1.807) is 0 Å². The van der Waals surface area contributed by atoms with Gasteiger partial charge >= 0.3 is 0 Å². The van der Waals surface area contributed by atoms with Crippen LogP contribution in [0.15, 0.2) is 194 Å². The van der Waals surface area contributed by atoms with Gasteiger partial charge in [-0.05, 0) is 69.3 Å². The molecule has 51 heavy (non-hydrogen) atoms.